The fraction of sp³-hybridized carbons (Fsp3) is 0.429. The van der Waals surface area contributed by atoms with Crippen molar-refractivity contribution < 1.29 is 0 Å². The van der Waals surface area contributed by atoms with Crippen LogP contribution >= 0.6 is 11.6 Å². The van der Waals surface area contributed by atoms with Gasteiger partial charge in [0.25, 0.3) is 0 Å². The second-order valence-corrected chi connectivity index (χ2v) is 1.98. The molecular weight excluding hydrogens is 120 g/mol. The Bertz CT molecular complexity index is 112. The summed E-state index contributed by atoms with van der Waals surface area (Å²) in [5.74, 6) is 0.538. The van der Waals surface area contributed by atoms with Gasteiger partial charge in [-0.15, -0.1) is 11.6 Å². The van der Waals surface area contributed by atoms with Crippen LogP contribution in [0.15, 0.2) is 23.8 Å². The van der Waals surface area contributed by atoms with Crippen molar-refractivity contribution in [1.82, 2.24) is 0 Å². The molecule has 0 rings (SSSR count). The Labute approximate surface area is 55.9 Å². The van der Waals surface area contributed by atoms with Crippen molar-refractivity contribution >= 4 is 11.6 Å². The van der Waals surface area contributed by atoms with Gasteiger partial charge < -0.3 is 0 Å². The van der Waals surface area contributed by atoms with Crippen molar-refractivity contribution in [3.05, 3.63) is 23.8 Å². The van der Waals surface area contributed by atoms with Crippen molar-refractivity contribution in [3.8, 4) is 0 Å². The maximum absolute atomic E-state index is 5.49. The summed E-state index contributed by atoms with van der Waals surface area (Å²) in [7, 11) is 0. The van der Waals surface area contributed by atoms with Crippen molar-refractivity contribution in [2.45, 2.75) is 13.8 Å². The molecule has 0 N–H and O–H groups in total. The highest BCUT2D eigenvalue weighted by atomic mass is 35.5. The number of halogens is 1. The van der Waals surface area contributed by atoms with E-state index in [1.54, 1.807) is 0 Å². The molecule has 0 aliphatic heterocycles. The summed E-state index contributed by atoms with van der Waals surface area (Å²) >= 11 is 5.49. The topological polar surface area (TPSA) is 0 Å². The first-order valence-electron chi connectivity index (χ1n) is 2.59. The summed E-state index contributed by atoms with van der Waals surface area (Å²) in [4.78, 5) is 0. The van der Waals surface area contributed by atoms with Gasteiger partial charge in [-0.2, -0.15) is 0 Å². The lowest BCUT2D eigenvalue weighted by Crippen LogP contribution is -1.82. The Kier molecular flexibility index (Phi) is 3.63. The van der Waals surface area contributed by atoms with E-state index in [9.17, 15) is 0 Å². The molecule has 0 spiro atoms. The third kappa shape index (κ3) is 2.17. The van der Waals surface area contributed by atoms with Gasteiger partial charge in [0, 0.05) is 5.88 Å². The monoisotopic (exact) mass is 130 g/mol. The van der Waals surface area contributed by atoms with Crippen LogP contribution in [-0.2, 0) is 0 Å². The molecule has 0 amide bonds. The second-order valence-electron chi connectivity index (χ2n) is 1.71. The van der Waals surface area contributed by atoms with E-state index in [4.69, 9.17) is 11.6 Å². The van der Waals surface area contributed by atoms with Gasteiger partial charge in [-0.25, -0.2) is 0 Å². The van der Waals surface area contributed by atoms with Gasteiger partial charge in [-0.3, -0.25) is 0 Å². The molecule has 0 nitrogen and oxygen atoms in total. The minimum atomic E-state index is 0.538. The molecule has 0 aliphatic carbocycles. The summed E-state index contributed by atoms with van der Waals surface area (Å²) < 4.78 is 0. The maximum atomic E-state index is 5.49. The van der Waals surface area contributed by atoms with Crippen LogP contribution in [0.4, 0.5) is 0 Å². The Balaban J connectivity index is 3.83. The zero-order valence-electron chi connectivity index (χ0n) is 5.37. The summed E-state index contributed by atoms with van der Waals surface area (Å²) in [6, 6.07) is 0. The van der Waals surface area contributed by atoms with Crippen molar-refractivity contribution in [2.75, 3.05) is 5.88 Å². The van der Waals surface area contributed by atoms with Gasteiger partial charge >= 0.3 is 0 Å². The van der Waals surface area contributed by atoms with Crippen LogP contribution in [0.25, 0.3) is 0 Å². The first kappa shape index (κ1) is 7.77. The number of hydrogen-bond acceptors (Lipinski definition) is 0. The lowest BCUT2D eigenvalue weighted by atomic mass is 10.1. The Morgan fingerprint density at radius 2 is 2.25 bits per heavy atom. The molecule has 0 heterocycles. The van der Waals surface area contributed by atoms with Crippen molar-refractivity contribution in [2.24, 2.45) is 0 Å². The van der Waals surface area contributed by atoms with Crippen LogP contribution in [0.3, 0.4) is 0 Å². The highest BCUT2D eigenvalue weighted by Gasteiger charge is 1.89. The van der Waals surface area contributed by atoms with Crippen LogP contribution in [-0.4, -0.2) is 5.88 Å². The van der Waals surface area contributed by atoms with Crippen LogP contribution in [0.2, 0.25) is 0 Å². The fourth-order valence-corrected chi connectivity index (χ4v) is 0.520. The van der Waals surface area contributed by atoms with E-state index in [0.29, 0.717) is 5.88 Å². The molecule has 0 bridgehead atoms. The Morgan fingerprint density at radius 1 is 1.75 bits per heavy atom. The SMILES string of the molecule is C=C(CCl)/C(C)=C/C. The molecule has 0 aromatic carbocycles. The lowest BCUT2D eigenvalue weighted by molar-refractivity contribution is 1.35. The third-order valence-electron chi connectivity index (χ3n) is 1.15. The van der Waals surface area contributed by atoms with E-state index in [1.165, 1.54) is 5.57 Å². The van der Waals surface area contributed by atoms with Crippen LogP contribution in [0.1, 0.15) is 13.8 Å². The maximum Gasteiger partial charge on any atom is 0.0470 e. The van der Waals surface area contributed by atoms with Gasteiger partial charge in [0.15, 0.2) is 0 Å². The average Bonchev–Trinajstić information content (AvgIpc) is 1.84. The number of rotatable bonds is 2. The number of allylic oxidation sites excluding steroid dienone is 3. The molecule has 0 aromatic rings. The minimum absolute atomic E-state index is 0.538. The first-order chi connectivity index (χ1) is 3.72. The summed E-state index contributed by atoms with van der Waals surface area (Å²) in [6.07, 6.45) is 2.00. The van der Waals surface area contributed by atoms with Gasteiger partial charge in [0.2, 0.25) is 0 Å². The zero-order valence-corrected chi connectivity index (χ0v) is 6.13. The van der Waals surface area contributed by atoms with Gasteiger partial charge in [-0.1, -0.05) is 18.2 Å². The molecule has 0 unspecified atom stereocenters. The largest absolute Gasteiger partial charge is 0.122 e. The normalized spacial score (nSPS) is 11.6. The van der Waals surface area contributed by atoms with Gasteiger partial charge in [0.1, 0.15) is 0 Å². The quantitative estimate of drug-likeness (QED) is 0.398. The number of hydrogen-bond donors (Lipinski definition) is 0. The molecular formula is C7H11Cl. The van der Waals surface area contributed by atoms with Crippen molar-refractivity contribution in [1.29, 1.82) is 0 Å². The van der Waals surface area contributed by atoms with Crippen LogP contribution < -0.4 is 0 Å². The molecule has 46 valence electrons. The van der Waals surface area contributed by atoms with Gasteiger partial charge in [-0.05, 0) is 19.4 Å². The standard InChI is InChI=1S/C7H11Cl/c1-4-6(2)7(3)5-8/h4H,3,5H2,1-2H3/b6-4+. The third-order valence-corrected chi connectivity index (χ3v) is 1.47. The predicted octanol–water partition coefficient (Wildman–Crippen LogP) is 2.75. The summed E-state index contributed by atoms with van der Waals surface area (Å²) in [5.41, 5.74) is 2.19. The minimum Gasteiger partial charge on any atom is -0.122 e. The molecule has 0 aromatic heterocycles. The summed E-state index contributed by atoms with van der Waals surface area (Å²) in [5, 5.41) is 0. The Hall–Kier alpha value is -0.230. The van der Waals surface area contributed by atoms with Gasteiger partial charge in [0.05, 0.1) is 0 Å². The molecule has 1 heteroatoms. The Morgan fingerprint density at radius 3 is 2.38 bits per heavy atom. The molecule has 0 atom stereocenters. The molecule has 0 aliphatic rings. The van der Waals surface area contributed by atoms with Crippen LogP contribution in [0, 0.1) is 0 Å². The average molecular weight is 131 g/mol. The van der Waals surface area contributed by atoms with E-state index in [1.807, 2.05) is 19.9 Å². The highest BCUT2D eigenvalue weighted by Crippen LogP contribution is 2.06. The zero-order chi connectivity index (χ0) is 6.57. The molecule has 8 heavy (non-hydrogen) atoms. The van der Waals surface area contributed by atoms with Crippen molar-refractivity contribution in [3.63, 3.8) is 0 Å². The molecule has 0 radical (unpaired) electrons. The first-order valence-corrected chi connectivity index (χ1v) is 3.12. The second kappa shape index (κ2) is 3.73. The van der Waals surface area contributed by atoms with E-state index in [-0.39, 0.29) is 0 Å². The van der Waals surface area contributed by atoms with E-state index >= 15 is 0 Å². The van der Waals surface area contributed by atoms with E-state index in [2.05, 4.69) is 6.58 Å². The predicted molar refractivity (Wildman–Crippen MR) is 39.3 cm³/mol. The van der Waals surface area contributed by atoms with Crippen LogP contribution in [0.5, 0.6) is 0 Å². The lowest BCUT2D eigenvalue weighted by Gasteiger charge is -1.96. The van der Waals surface area contributed by atoms with E-state index in [0.717, 1.165) is 5.57 Å². The number of alkyl halides is 1. The fourth-order valence-electron chi connectivity index (χ4n) is 0.310. The summed E-state index contributed by atoms with van der Waals surface area (Å²) in [6.45, 7) is 7.73. The smallest absolute Gasteiger partial charge is 0.0470 e. The molecule has 0 fully saturated rings. The van der Waals surface area contributed by atoms with E-state index < -0.39 is 0 Å². The molecule has 0 saturated heterocycles. The highest BCUT2D eigenvalue weighted by molar-refractivity contribution is 6.19. The molecule has 0 saturated carbocycles.